The van der Waals surface area contributed by atoms with Crippen molar-refractivity contribution < 1.29 is 28.1 Å². The van der Waals surface area contributed by atoms with Gasteiger partial charge in [0.1, 0.15) is 11.3 Å². The molecule has 3 heterocycles. The highest BCUT2D eigenvalue weighted by Gasteiger charge is 2.50. The van der Waals surface area contributed by atoms with Crippen LogP contribution < -0.4 is 14.2 Å². The molecule has 0 spiro atoms. The maximum Gasteiger partial charge on any atom is 0.245 e. The highest BCUT2D eigenvalue weighted by atomic mass is 16.7. The van der Waals surface area contributed by atoms with Crippen LogP contribution in [0, 0.1) is 0 Å². The number of benzene rings is 2. The quantitative estimate of drug-likeness (QED) is 0.710. The van der Waals surface area contributed by atoms with Crippen LogP contribution in [0.1, 0.15) is 17.2 Å². The predicted octanol–water partition coefficient (Wildman–Crippen LogP) is 3.83. The van der Waals surface area contributed by atoms with Gasteiger partial charge in [-0.2, -0.15) is 0 Å². The van der Waals surface area contributed by atoms with Crippen molar-refractivity contribution >= 4 is 11.0 Å². The summed E-state index contributed by atoms with van der Waals surface area (Å²) in [4.78, 5) is 0. The fraction of sp³-hybridized carbons (Fsp3) is 0.300. The van der Waals surface area contributed by atoms with Crippen molar-refractivity contribution in [2.24, 2.45) is 0 Å². The maximum absolute atomic E-state index is 6.36. The summed E-state index contributed by atoms with van der Waals surface area (Å²) in [5.41, 5.74) is 2.73. The first-order valence-electron chi connectivity index (χ1n) is 8.40. The lowest BCUT2D eigenvalue weighted by molar-refractivity contribution is -0.216. The van der Waals surface area contributed by atoms with E-state index in [-0.39, 0.29) is 12.9 Å². The maximum atomic E-state index is 6.36. The topological polar surface area (TPSA) is 59.3 Å². The lowest BCUT2D eigenvalue weighted by Gasteiger charge is -2.32. The fourth-order valence-electron chi connectivity index (χ4n) is 3.81. The molecule has 2 aliphatic rings. The Bertz CT molecular complexity index is 978. The average molecular weight is 354 g/mol. The number of ether oxygens (including phenoxy) is 5. The normalized spacial score (nSPS) is 23.2. The molecular formula is C20H18O6. The van der Waals surface area contributed by atoms with E-state index in [1.807, 2.05) is 36.4 Å². The average Bonchev–Trinajstić information content (AvgIpc) is 3.37. The van der Waals surface area contributed by atoms with Crippen molar-refractivity contribution in [3.05, 3.63) is 53.8 Å². The van der Waals surface area contributed by atoms with E-state index in [0.29, 0.717) is 6.42 Å². The second-order valence-corrected chi connectivity index (χ2v) is 6.41. The molecule has 0 aliphatic carbocycles. The Hall–Kier alpha value is -2.70. The summed E-state index contributed by atoms with van der Waals surface area (Å²) < 4.78 is 34.4. The van der Waals surface area contributed by atoms with Gasteiger partial charge in [0.15, 0.2) is 17.6 Å². The first-order chi connectivity index (χ1) is 12.7. The molecule has 5 rings (SSSR count). The van der Waals surface area contributed by atoms with Gasteiger partial charge in [-0.3, -0.25) is 0 Å². The Kier molecular flexibility index (Phi) is 3.38. The van der Waals surface area contributed by atoms with E-state index >= 15 is 0 Å². The molecule has 0 N–H and O–H groups in total. The van der Waals surface area contributed by atoms with Crippen LogP contribution in [-0.2, 0) is 15.9 Å². The number of hydrogen-bond acceptors (Lipinski definition) is 6. The van der Waals surface area contributed by atoms with Gasteiger partial charge in [-0.1, -0.05) is 6.07 Å². The molecule has 2 atom stereocenters. The van der Waals surface area contributed by atoms with Crippen LogP contribution in [0.2, 0.25) is 0 Å². The van der Waals surface area contributed by atoms with E-state index < -0.39 is 5.79 Å². The molecule has 0 bridgehead atoms. The third-order valence-corrected chi connectivity index (χ3v) is 5.04. The van der Waals surface area contributed by atoms with E-state index in [0.717, 1.165) is 39.3 Å². The molecule has 6 heteroatoms. The summed E-state index contributed by atoms with van der Waals surface area (Å²) >= 11 is 0. The van der Waals surface area contributed by atoms with E-state index in [4.69, 9.17) is 28.1 Å². The van der Waals surface area contributed by atoms with Crippen molar-refractivity contribution in [1.82, 2.24) is 0 Å². The van der Waals surface area contributed by atoms with Gasteiger partial charge in [-0.25, -0.2) is 0 Å². The smallest absolute Gasteiger partial charge is 0.245 e. The number of furan rings is 1. The van der Waals surface area contributed by atoms with Crippen molar-refractivity contribution in [3.63, 3.8) is 0 Å². The van der Waals surface area contributed by atoms with Crippen molar-refractivity contribution in [2.45, 2.75) is 18.3 Å². The molecule has 3 aromatic rings. The van der Waals surface area contributed by atoms with Gasteiger partial charge in [0.25, 0.3) is 0 Å². The van der Waals surface area contributed by atoms with Crippen LogP contribution in [0.5, 0.6) is 17.2 Å². The van der Waals surface area contributed by atoms with Crippen LogP contribution >= 0.6 is 0 Å². The molecule has 26 heavy (non-hydrogen) atoms. The molecule has 2 aromatic carbocycles. The molecule has 0 amide bonds. The van der Waals surface area contributed by atoms with Crippen molar-refractivity contribution in [2.75, 3.05) is 21.0 Å². The number of fused-ring (bicyclic) bond motifs is 4. The van der Waals surface area contributed by atoms with E-state index in [1.165, 1.54) is 0 Å². The molecular weight excluding hydrogens is 336 g/mol. The summed E-state index contributed by atoms with van der Waals surface area (Å²) in [7, 11) is 3.30. The Morgan fingerprint density at radius 3 is 2.81 bits per heavy atom. The number of rotatable bonds is 4. The zero-order chi connectivity index (χ0) is 17.7. The van der Waals surface area contributed by atoms with Gasteiger partial charge < -0.3 is 28.1 Å². The minimum Gasteiger partial charge on any atom is -0.464 e. The zero-order valence-electron chi connectivity index (χ0n) is 14.5. The van der Waals surface area contributed by atoms with Gasteiger partial charge in [0.05, 0.1) is 11.6 Å². The minimum absolute atomic E-state index is 0.245. The van der Waals surface area contributed by atoms with Gasteiger partial charge in [0.2, 0.25) is 12.6 Å². The third-order valence-electron chi connectivity index (χ3n) is 5.04. The van der Waals surface area contributed by atoms with Gasteiger partial charge in [-0.15, -0.1) is 0 Å². The van der Waals surface area contributed by atoms with Crippen LogP contribution in [-0.4, -0.2) is 26.8 Å². The highest BCUT2D eigenvalue weighted by Crippen LogP contribution is 2.50. The Balaban J connectivity index is 1.56. The summed E-state index contributed by atoms with van der Waals surface area (Å²) in [6.45, 7) is 0.245. The second-order valence-electron chi connectivity index (χ2n) is 6.41. The van der Waals surface area contributed by atoms with Gasteiger partial charge in [-0.05, 0) is 35.9 Å². The summed E-state index contributed by atoms with van der Waals surface area (Å²) in [6.07, 6.45) is 1.78. The molecule has 2 aliphatic heterocycles. The Labute approximate surface area is 150 Å². The molecule has 134 valence electrons. The summed E-state index contributed by atoms with van der Waals surface area (Å²) in [6, 6.07) is 11.6. The summed E-state index contributed by atoms with van der Waals surface area (Å²) in [5, 5.41) is 0.911. The molecule has 0 radical (unpaired) electrons. The Morgan fingerprint density at radius 2 is 1.96 bits per heavy atom. The summed E-state index contributed by atoms with van der Waals surface area (Å²) in [5.74, 6) is 1.25. The molecule has 0 saturated carbocycles. The number of methoxy groups -OCH3 is 2. The second kappa shape index (κ2) is 5.65. The number of hydrogen-bond donors (Lipinski definition) is 0. The van der Waals surface area contributed by atoms with Crippen molar-refractivity contribution in [3.8, 4) is 17.2 Å². The van der Waals surface area contributed by atoms with Crippen LogP contribution in [0.3, 0.4) is 0 Å². The fourth-order valence-corrected chi connectivity index (χ4v) is 3.81. The van der Waals surface area contributed by atoms with Crippen LogP contribution in [0.25, 0.3) is 11.0 Å². The monoisotopic (exact) mass is 354 g/mol. The zero-order valence-corrected chi connectivity index (χ0v) is 14.5. The predicted molar refractivity (Wildman–Crippen MR) is 92.6 cm³/mol. The molecule has 0 fully saturated rings. The molecule has 1 aromatic heterocycles. The first kappa shape index (κ1) is 15.5. The van der Waals surface area contributed by atoms with E-state index in [2.05, 4.69) is 0 Å². The third kappa shape index (κ3) is 2.12. The lowest BCUT2D eigenvalue weighted by atomic mass is 9.96. The van der Waals surface area contributed by atoms with Gasteiger partial charge in [0, 0.05) is 26.2 Å². The molecule has 0 saturated heterocycles. The SMILES string of the molecule is CO[C@H]1c2ccc3occc3c2O[C@]1(Cc1ccc2c(c1)OCO2)OC. The van der Waals surface area contributed by atoms with E-state index in [9.17, 15) is 0 Å². The highest BCUT2D eigenvalue weighted by molar-refractivity contribution is 5.86. The van der Waals surface area contributed by atoms with Crippen LogP contribution in [0.4, 0.5) is 0 Å². The Morgan fingerprint density at radius 1 is 1.08 bits per heavy atom. The van der Waals surface area contributed by atoms with Crippen LogP contribution in [0.15, 0.2) is 47.1 Å². The largest absolute Gasteiger partial charge is 0.464 e. The molecule has 0 unspecified atom stereocenters. The standard InChI is InChI=1S/C20H18O6/c1-21-19-14-4-6-15-13(7-8-23-15)18(14)26-20(19,22-2)10-12-3-5-16-17(9-12)25-11-24-16/h3-9,19H,10-11H2,1-2H3/t19-,20-/m0/s1. The van der Waals surface area contributed by atoms with E-state index in [1.54, 1.807) is 20.5 Å². The van der Waals surface area contributed by atoms with Gasteiger partial charge >= 0.3 is 0 Å². The first-order valence-corrected chi connectivity index (χ1v) is 8.40. The minimum atomic E-state index is -0.976. The van der Waals surface area contributed by atoms with Crippen molar-refractivity contribution in [1.29, 1.82) is 0 Å². The lowest BCUT2D eigenvalue weighted by Crippen LogP contribution is -2.43. The molecule has 6 nitrogen and oxygen atoms in total.